The minimum absolute atomic E-state index is 0.559. The molecule has 0 aliphatic rings. The molecule has 0 radical (unpaired) electrons. The smallest absolute Gasteiger partial charge is 0.0519 e. The number of hydrogen-bond donors (Lipinski definition) is 1. The summed E-state index contributed by atoms with van der Waals surface area (Å²) in [7, 11) is 2.10. The Kier molecular flexibility index (Phi) is 4.20. The number of hydrogen-bond acceptors (Lipinski definition) is 3. The lowest BCUT2D eigenvalue weighted by Crippen LogP contribution is -2.18. The molecular formula is C13H15BrN2S. The molecule has 0 spiro atoms. The minimum atomic E-state index is 0.559. The highest BCUT2D eigenvalue weighted by molar-refractivity contribution is 9.10. The van der Waals surface area contributed by atoms with Crippen LogP contribution < -0.4 is 10.6 Å². The van der Waals surface area contributed by atoms with Crippen LogP contribution in [-0.4, -0.2) is 7.05 Å². The Morgan fingerprint density at radius 2 is 2.18 bits per heavy atom. The number of rotatable bonds is 4. The van der Waals surface area contributed by atoms with Gasteiger partial charge in [0.05, 0.1) is 6.54 Å². The second kappa shape index (κ2) is 5.67. The van der Waals surface area contributed by atoms with Gasteiger partial charge in [-0.25, -0.2) is 0 Å². The van der Waals surface area contributed by atoms with Crippen molar-refractivity contribution in [1.29, 1.82) is 0 Å². The molecule has 1 aromatic carbocycles. The Hall–Kier alpha value is -0.840. The molecule has 1 aromatic heterocycles. The quantitative estimate of drug-likeness (QED) is 0.935. The van der Waals surface area contributed by atoms with Crippen molar-refractivity contribution in [1.82, 2.24) is 0 Å². The first-order valence-corrected chi connectivity index (χ1v) is 7.10. The van der Waals surface area contributed by atoms with E-state index in [1.165, 1.54) is 16.1 Å². The van der Waals surface area contributed by atoms with Crippen molar-refractivity contribution in [2.75, 3.05) is 11.9 Å². The zero-order valence-corrected chi connectivity index (χ0v) is 12.1. The van der Waals surface area contributed by atoms with Gasteiger partial charge in [-0.2, -0.15) is 0 Å². The van der Waals surface area contributed by atoms with Crippen LogP contribution >= 0.6 is 27.3 Å². The fourth-order valence-electron chi connectivity index (χ4n) is 1.81. The van der Waals surface area contributed by atoms with Crippen LogP contribution in [0.5, 0.6) is 0 Å². The maximum atomic E-state index is 5.79. The van der Waals surface area contributed by atoms with Crippen LogP contribution in [0.15, 0.2) is 40.2 Å². The molecule has 0 saturated heterocycles. The Balaban J connectivity index is 2.21. The summed E-state index contributed by atoms with van der Waals surface area (Å²) >= 11 is 5.26. The zero-order valence-electron chi connectivity index (χ0n) is 9.69. The topological polar surface area (TPSA) is 29.3 Å². The second-order valence-electron chi connectivity index (χ2n) is 3.91. The van der Waals surface area contributed by atoms with E-state index in [-0.39, 0.29) is 0 Å². The third-order valence-corrected chi connectivity index (χ3v) is 4.00. The summed E-state index contributed by atoms with van der Waals surface area (Å²) in [5, 5.41) is 2.11. The summed E-state index contributed by atoms with van der Waals surface area (Å²) in [6.07, 6.45) is 0. The largest absolute Gasteiger partial charge is 0.369 e. The van der Waals surface area contributed by atoms with Gasteiger partial charge in [0.25, 0.3) is 0 Å². The van der Waals surface area contributed by atoms with Crippen LogP contribution in [0, 0.1) is 0 Å². The highest BCUT2D eigenvalue weighted by Crippen LogP contribution is 2.25. The third-order valence-electron chi connectivity index (χ3n) is 2.65. The van der Waals surface area contributed by atoms with Gasteiger partial charge in [-0.15, -0.1) is 11.3 Å². The Bertz CT molecular complexity index is 482. The van der Waals surface area contributed by atoms with E-state index < -0.39 is 0 Å². The zero-order chi connectivity index (χ0) is 12.3. The SMILES string of the molecule is CN(Cc1cccs1)c1ccc(Br)cc1CN. The van der Waals surface area contributed by atoms with E-state index >= 15 is 0 Å². The molecule has 17 heavy (non-hydrogen) atoms. The van der Waals surface area contributed by atoms with E-state index in [0.29, 0.717) is 6.54 Å². The lowest BCUT2D eigenvalue weighted by molar-refractivity contribution is 0.917. The molecule has 2 nitrogen and oxygen atoms in total. The maximum absolute atomic E-state index is 5.79. The highest BCUT2D eigenvalue weighted by Gasteiger charge is 2.08. The molecule has 0 unspecified atom stereocenters. The molecule has 2 N–H and O–H groups in total. The molecule has 0 fully saturated rings. The summed E-state index contributed by atoms with van der Waals surface area (Å²) in [4.78, 5) is 3.60. The third kappa shape index (κ3) is 3.09. The Morgan fingerprint density at radius 3 is 2.82 bits per heavy atom. The summed E-state index contributed by atoms with van der Waals surface area (Å²) in [5.74, 6) is 0. The Labute approximate surface area is 114 Å². The van der Waals surface area contributed by atoms with E-state index in [4.69, 9.17) is 5.73 Å². The van der Waals surface area contributed by atoms with Crippen LogP contribution in [0.25, 0.3) is 0 Å². The lowest BCUT2D eigenvalue weighted by Gasteiger charge is -2.21. The standard InChI is InChI=1S/C13H15BrN2S/c1-16(9-12-3-2-6-17-12)13-5-4-11(14)7-10(13)8-15/h2-7H,8-9,15H2,1H3. The van der Waals surface area contributed by atoms with Crippen molar-refractivity contribution in [3.05, 3.63) is 50.6 Å². The fourth-order valence-corrected chi connectivity index (χ4v) is 2.98. The number of benzene rings is 1. The highest BCUT2D eigenvalue weighted by atomic mass is 79.9. The predicted octanol–water partition coefficient (Wildman–Crippen LogP) is 3.61. The molecule has 0 atom stereocenters. The van der Waals surface area contributed by atoms with Crippen LogP contribution in [0.4, 0.5) is 5.69 Å². The van der Waals surface area contributed by atoms with E-state index in [1.54, 1.807) is 11.3 Å². The average molecular weight is 311 g/mol. The molecule has 4 heteroatoms. The van der Waals surface area contributed by atoms with Gasteiger partial charge in [0.2, 0.25) is 0 Å². The normalized spacial score (nSPS) is 10.5. The van der Waals surface area contributed by atoms with Crippen molar-refractivity contribution >= 4 is 33.0 Å². The van der Waals surface area contributed by atoms with Gasteiger partial charge in [0.15, 0.2) is 0 Å². The summed E-state index contributed by atoms with van der Waals surface area (Å²) in [5.41, 5.74) is 8.15. The van der Waals surface area contributed by atoms with Gasteiger partial charge >= 0.3 is 0 Å². The average Bonchev–Trinajstić information content (AvgIpc) is 2.81. The molecule has 2 aromatic rings. The molecule has 2 rings (SSSR count). The number of halogens is 1. The number of nitrogens with zero attached hydrogens (tertiary/aromatic N) is 1. The van der Waals surface area contributed by atoms with Crippen molar-refractivity contribution in [2.45, 2.75) is 13.1 Å². The molecule has 1 heterocycles. The molecule has 0 amide bonds. The number of thiophene rings is 1. The van der Waals surface area contributed by atoms with E-state index in [2.05, 4.69) is 63.6 Å². The summed E-state index contributed by atoms with van der Waals surface area (Å²) < 4.78 is 1.08. The molecule has 0 aliphatic heterocycles. The molecule has 0 saturated carbocycles. The Morgan fingerprint density at radius 1 is 1.35 bits per heavy atom. The van der Waals surface area contributed by atoms with Crippen LogP contribution in [-0.2, 0) is 13.1 Å². The van der Waals surface area contributed by atoms with Crippen molar-refractivity contribution in [2.24, 2.45) is 5.73 Å². The van der Waals surface area contributed by atoms with Crippen molar-refractivity contribution < 1.29 is 0 Å². The molecule has 90 valence electrons. The van der Waals surface area contributed by atoms with Crippen LogP contribution in [0.1, 0.15) is 10.4 Å². The van der Waals surface area contributed by atoms with Crippen LogP contribution in [0.2, 0.25) is 0 Å². The molecule has 0 bridgehead atoms. The van der Waals surface area contributed by atoms with Crippen LogP contribution in [0.3, 0.4) is 0 Å². The summed E-state index contributed by atoms with van der Waals surface area (Å²) in [6.45, 7) is 1.48. The minimum Gasteiger partial charge on any atom is -0.369 e. The van der Waals surface area contributed by atoms with Crippen molar-refractivity contribution in [3.63, 3.8) is 0 Å². The first kappa shape index (κ1) is 12.6. The molecule has 0 aliphatic carbocycles. The molecular weight excluding hydrogens is 296 g/mol. The van der Waals surface area contributed by atoms with Crippen molar-refractivity contribution in [3.8, 4) is 0 Å². The first-order chi connectivity index (χ1) is 8.20. The second-order valence-corrected chi connectivity index (χ2v) is 5.86. The fraction of sp³-hybridized carbons (Fsp3) is 0.231. The van der Waals surface area contributed by atoms with E-state index in [1.807, 2.05) is 0 Å². The number of nitrogens with two attached hydrogens (primary N) is 1. The maximum Gasteiger partial charge on any atom is 0.0519 e. The van der Waals surface area contributed by atoms with Gasteiger partial charge < -0.3 is 10.6 Å². The predicted molar refractivity (Wildman–Crippen MR) is 78.5 cm³/mol. The van der Waals surface area contributed by atoms with Gasteiger partial charge in [0.1, 0.15) is 0 Å². The first-order valence-electron chi connectivity index (χ1n) is 5.42. The van der Waals surface area contributed by atoms with E-state index in [0.717, 1.165) is 11.0 Å². The van der Waals surface area contributed by atoms with Gasteiger partial charge in [0, 0.05) is 28.6 Å². The van der Waals surface area contributed by atoms with Gasteiger partial charge in [-0.1, -0.05) is 22.0 Å². The van der Waals surface area contributed by atoms with Gasteiger partial charge in [-0.3, -0.25) is 0 Å². The number of anilines is 1. The summed E-state index contributed by atoms with van der Waals surface area (Å²) in [6, 6.07) is 10.5. The lowest BCUT2D eigenvalue weighted by atomic mass is 10.1. The van der Waals surface area contributed by atoms with E-state index in [9.17, 15) is 0 Å². The monoisotopic (exact) mass is 310 g/mol. The van der Waals surface area contributed by atoms with Gasteiger partial charge in [-0.05, 0) is 35.2 Å².